The maximum atomic E-state index is 11.8. The minimum Gasteiger partial charge on any atom is -0.496 e. The summed E-state index contributed by atoms with van der Waals surface area (Å²) in [7, 11) is -1.90. The molecule has 0 saturated carbocycles. The summed E-state index contributed by atoms with van der Waals surface area (Å²) >= 11 is 0. The normalized spacial score (nSPS) is 11.2. The SMILES string of the molecule is COc1ccc(C)cc1C(=O)CNS(C)(=O)=O. The van der Waals surface area contributed by atoms with Crippen molar-refractivity contribution in [2.24, 2.45) is 0 Å². The topological polar surface area (TPSA) is 72.5 Å². The molecule has 17 heavy (non-hydrogen) atoms. The summed E-state index contributed by atoms with van der Waals surface area (Å²) in [6.07, 6.45) is 1.01. The first-order valence-electron chi connectivity index (χ1n) is 4.96. The number of hydrogen-bond acceptors (Lipinski definition) is 4. The fraction of sp³-hybridized carbons (Fsp3) is 0.364. The molecular formula is C11H15NO4S. The number of ether oxygens (including phenoxy) is 1. The van der Waals surface area contributed by atoms with Gasteiger partial charge in [0, 0.05) is 0 Å². The number of nitrogens with one attached hydrogen (secondary N) is 1. The molecule has 5 nitrogen and oxygen atoms in total. The predicted octanol–water partition coefficient (Wildman–Crippen LogP) is 0.736. The van der Waals surface area contributed by atoms with E-state index in [0.29, 0.717) is 11.3 Å². The first kappa shape index (κ1) is 13.7. The Labute approximate surface area is 101 Å². The second kappa shape index (κ2) is 5.29. The number of methoxy groups -OCH3 is 1. The van der Waals surface area contributed by atoms with Crippen LogP contribution in [-0.2, 0) is 10.0 Å². The summed E-state index contributed by atoms with van der Waals surface area (Å²) < 4.78 is 29.0. The van der Waals surface area contributed by atoms with Crippen molar-refractivity contribution < 1.29 is 17.9 Å². The zero-order chi connectivity index (χ0) is 13.1. The minimum absolute atomic E-state index is 0.265. The van der Waals surface area contributed by atoms with Crippen molar-refractivity contribution in [3.8, 4) is 5.75 Å². The van der Waals surface area contributed by atoms with E-state index in [9.17, 15) is 13.2 Å². The van der Waals surface area contributed by atoms with Crippen LogP contribution in [-0.4, -0.2) is 34.1 Å². The van der Waals surface area contributed by atoms with Gasteiger partial charge in [0.15, 0.2) is 5.78 Å². The lowest BCUT2D eigenvalue weighted by atomic mass is 10.1. The van der Waals surface area contributed by atoms with E-state index in [1.807, 2.05) is 13.0 Å². The van der Waals surface area contributed by atoms with Crippen LogP contribution in [0.15, 0.2) is 18.2 Å². The molecule has 0 aliphatic carbocycles. The van der Waals surface area contributed by atoms with Crippen molar-refractivity contribution in [2.45, 2.75) is 6.92 Å². The molecule has 0 aromatic heterocycles. The molecule has 1 N–H and O–H groups in total. The molecule has 1 rings (SSSR count). The average molecular weight is 257 g/mol. The minimum atomic E-state index is -3.37. The molecule has 6 heteroatoms. The number of ketones is 1. The summed E-state index contributed by atoms with van der Waals surface area (Å²) in [5.41, 5.74) is 1.29. The number of carbonyl (C=O) groups excluding carboxylic acids is 1. The monoisotopic (exact) mass is 257 g/mol. The Balaban J connectivity index is 2.92. The Bertz CT molecular complexity index is 522. The van der Waals surface area contributed by atoms with E-state index in [0.717, 1.165) is 11.8 Å². The molecule has 0 spiro atoms. The van der Waals surface area contributed by atoms with Crippen molar-refractivity contribution in [3.63, 3.8) is 0 Å². The number of carbonyl (C=O) groups is 1. The summed E-state index contributed by atoms with van der Waals surface area (Å²) in [6.45, 7) is 1.58. The van der Waals surface area contributed by atoms with Gasteiger partial charge in [0.1, 0.15) is 5.75 Å². The summed E-state index contributed by atoms with van der Waals surface area (Å²) in [4.78, 5) is 11.8. The molecule has 0 fully saturated rings. The van der Waals surface area contributed by atoms with E-state index in [4.69, 9.17) is 4.74 Å². The molecule has 94 valence electrons. The summed E-state index contributed by atoms with van der Waals surface area (Å²) in [5.74, 6) is 0.117. The maximum Gasteiger partial charge on any atom is 0.209 e. The van der Waals surface area contributed by atoms with Gasteiger partial charge in [-0.1, -0.05) is 11.6 Å². The third kappa shape index (κ3) is 4.16. The summed E-state index contributed by atoms with van der Waals surface area (Å²) in [5, 5.41) is 0. The zero-order valence-electron chi connectivity index (χ0n) is 9.98. The van der Waals surface area contributed by atoms with Crippen LogP contribution in [0.4, 0.5) is 0 Å². The highest BCUT2D eigenvalue weighted by molar-refractivity contribution is 7.88. The van der Waals surface area contributed by atoms with E-state index in [2.05, 4.69) is 4.72 Å². The van der Waals surface area contributed by atoms with Gasteiger partial charge in [0.25, 0.3) is 0 Å². The van der Waals surface area contributed by atoms with Gasteiger partial charge in [-0.15, -0.1) is 0 Å². The second-order valence-electron chi connectivity index (χ2n) is 3.72. The number of rotatable bonds is 5. The van der Waals surface area contributed by atoms with Crippen molar-refractivity contribution in [3.05, 3.63) is 29.3 Å². The average Bonchev–Trinajstić information content (AvgIpc) is 2.25. The van der Waals surface area contributed by atoms with Crippen LogP contribution in [0.3, 0.4) is 0 Å². The van der Waals surface area contributed by atoms with Crippen molar-refractivity contribution in [1.29, 1.82) is 0 Å². The van der Waals surface area contributed by atoms with Gasteiger partial charge in [-0.25, -0.2) is 13.1 Å². The van der Waals surface area contributed by atoms with Gasteiger partial charge in [-0.2, -0.15) is 0 Å². The fourth-order valence-corrected chi connectivity index (χ4v) is 1.72. The van der Waals surface area contributed by atoms with E-state index >= 15 is 0 Å². The molecule has 0 atom stereocenters. The predicted molar refractivity (Wildman–Crippen MR) is 64.9 cm³/mol. The van der Waals surface area contributed by atoms with Gasteiger partial charge in [0.2, 0.25) is 10.0 Å². The van der Waals surface area contributed by atoms with Crippen LogP contribution in [0.2, 0.25) is 0 Å². The van der Waals surface area contributed by atoms with Gasteiger partial charge >= 0.3 is 0 Å². The quantitative estimate of drug-likeness (QED) is 0.789. The Hall–Kier alpha value is -1.40. The Morgan fingerprint density at radius 3 is 2.59 bits per heavy atom. The van der Waals surface area contributed by atoms with Crippen LogP contribution >= 0.6 is 0 Å². The standard InChI is InChI=1S/C11H15NO4S/c1-8-4-5-11(16-2)9(6-8)10(13)7-12-17(3,14)15/h4-6,12H,7H2,1-3H3. The maximum absolute atomic E-state index is 11.8. The van der Waals surface area contributed by atoms with Crippen LogP contribution in [0, 0.1) is 6.92 Å². The number of Topliss-reactive ketones (excluding diaryl/α,β-unsaturated/α-hetero) is 1. The molecule has 1 aromatic rings. The smallest absolute Gasteiger partial charge is 0.209 e. The Morgan fingerprint density at radius 1 is 1.41 bits per heavy atom. The van der Waals surface area contributed by atoms with Crippen molar-refractivity contribution >= 4 is 15.8 Å². The molecule has 0 saturated heterocycles. The number of hydrogen-bond donors (Lipinski definition) is 1. The molecule has 0 amide bonds. The van der Waals surface area contributed by atoms with Gasteiger partial charge in [0.05, 0.1) is 25.5 Å². The molecule has 0 unspecified atom stereocenters. The zero-order valence-corrected chi connectivity index (χ0v) is 10.8. The third-order valence-corrected chi connectivity index (χ3v) is 2.82. The lowest BCUT2D eigenvalue weighted by Crippen LogP contribution is -2.28. The lowest BCUT2D eigenvalue weighted by Gasteiger charge is -2.08. The van der Waals surface area contributed by atoms with Crippen LogP contribution < -0.4 is 9.46 Å². The second-order valence-corrected chi connectivity index (χ2v) is 5.55. The molecule has 0 heterocycles. The van der Waals surface area contributed by atoms with Crippen LogP contribution in [0.5, 0.6) is 5.75 Å². The molecule has 0 aliphatic rings. The highest BCUT2D eigenvalue weighted by atomic mass is 32.2. The first-order valence-corrected chi connectivity index (χ1v) is 6.85. The van der Waals surface area contributed by atoms with E-state index < -0.39 is 10.0 Å². The first-order chi connectivity index (χ1) is 7.83. The molecular weight excluding hydrogens is 242 g/mol. The largest absolute Gasteiger partial charge is 0.496 e. The number of sulfonamides is 1. The highest BCUT2D eigenvalue weighted by Crippen LogP contribution is 2.19. The van der Waals surface area contributed by atoms with E-state index in [1.54, 1.807) is 12.1 Å². The number of benzene rings is 1. The highest BCUT2D eigenvalue weighted by Gasteiger charge is 2.14. The molecule has 0 aliphatic heterocycles. The van der Waals surface area contributed by atoms with Crippen LogP contribution in [0.1, 0.15) is 15.9 Å². The molecule has 1 aromatic carbocycles. The van der Waals surface area contributed by atoms with E-state index in [-0.39, 0.29) is 12.3 Å². The van der Waals surface area contributed by atoms with E-state index in [1.165, 1.54) is 7.11 Å². The van der Waals surface area contributed by atoms with Crippen molar-refractivity contribution in [1.82, 2.24) is 4.72 Å². The van der Waals surface area contributed by atoms with Crippen LogP contribution in [0.25, 0.3) is 0 Å². The summed E-state index contributed by atoms with van der Waals surface area (Å²) in [6, 6.07) is 5.17. The molecule has 0 bridgehead atoms. The lowest BCUT2D eigenvalue weighted by molar-refractivity contribution is 0.0994. The third-order valence-electron chi connectivity index (χ3n) is 2.15. The van der Waals surface area contributed by atoms with Gasteiger partial charge in [-0.3, -0.25) is 4.79 Å². The molecule has 0 radical (unpaired) electrons. The fourth-order valence-electron chi connectivity index (χ4n) is 1.33. The van der Waals surface area contributed by atoms with Gasteiger partial charge in [-0.05, 0) is 19.1 Å². The van der Waals surface area contributed by atoms with Gasteiger partial charge < -0.3 is 4.74 Å². The number of aryl methyl sites for hydroxylation is 1. The van der Waals surface area contributed by atoms with Crippen molar-refractivity contribution in [2.75, 3.05) is 19.9 Å². The Kier molecular flexibility index (Phi) is 4.25. The Morgan fingerprint density at radius 2 is 2.06 bits per heavy atom.